The first kappa shape index (κ1) is 79.3. The van der Waals surface area contributed by atoms with E-state index in [9.17, 15) is 9.59 Å². The molecule has 372 valence electrons. The van der Waals surface area contributed by atoms with Crippen LogP contribution in [0.4, 0.5) is 0 Å². The monoisotopic (exact) mass is 888 g/mol. The second-order valence-electron chi connectivity index (χ2n) is 13.2. The molecule has 1 atom stereocenters. The van der Waals surface area contributed by atoms with Crippen molar-refractivity contribution in [2.45, 2.75) is 289 Å². The number of unbranched alkanes of at least 4 members (excludes halogenated alkanes) is 22. The molecule has 0 saturated heterocycles. The highest BCUT2D eigenvalue weighted by Crippen LogP contribution is 2.16. The number of carbonyl (C=O) groups excluding carboxylic acids is 3. The van der Waals surface area contributed by atoms with Crippen LogP contribution in [0.3, 0.4) is 0 Å². The molecule has 60 heavy (non-hydrogen) atoms. The zero-order chi connectivity index (χ0) is 48.2. The van der Waals surface area contributed by atoms with Crippen molar-refractivity contribution in [3.63, 3.8) is 0 Å². The maximum absolute atomic E-state index is 12.2. The Kier molecular flexibility index (Phi) is 129. The summed E-state index contributed by atoms with van der Waals surface area (Å²) in [5, 5.41) is 8.82. The number of amides is 1. The van der Waals surface area contributed by atoms with E-state index in [-0.39, 0.29) is 24.6 Å². The Balaban J connectivity index is -0.000000101. The first-order valence-corrected chi connectivity index (χ1v) is 26.3. The summed E-state index contributed by atoms with van der Waals surface area (Å²) in [6, 6.07) is 0. The van der Waals surface area contributed by atoms with E-state index >= 15 is 0 Å². The van der Waals surface area contributed by atoms with E-state index in [1.807, 2.05) is 76.0 Å². The number of ether oxygens (including phenoxy) is 2. The molecule has 0 heterocycles. The SMILES string of the molecule is C=O.CC.CC.CC.CC.CC.CCCCCCCCCCCC(=O)OC(CCCCCCC)CCOCCCO.CCCCCCCCCCCCCC(N)=O.OPO. The highest BCUT2D eigenvalue weighted by molar-refractivity contribution is 7.23. The van der Waals surface area contributed by atoms with Crippen molar-refractivity contribution in [1.29, 1.82) is 0 Å². The second kappa shape index (κ2) is 97.3. The minimum atomic E-state index is -0.917. The lowest BCUT2D eigenvalue weighted by molar-refractivity contribution is -0.150. The normalized spacial score (nSPS) is 9.60. The summed E-state index contributed by atoms with van der Waals surface area (Å²) in [4.78, 5) is 45.0. The van der Waals surface area contributed by atoms with Gasteiger partial charge in [0.05, 0.1) is 6.61 Å². The predicted octanol–water partition coefficient (Wildman–Crippen LogP) is 15.6. The summed E-state index contributed by atoms with van der Waals surface area (Å²) in [6.07, 6.45) is 35.4. The molecule has 0 fully saturated rings. The van der Waals surface area contributed by atoms with E-state index in [4.69, 9.17) is 34.9 Å². The number of rotatable bonds is 35. The van der Waals surface area contributed by atoms with E-state index in [0.717, 1.165) is 38.5 Å². The van der Waals surface area contributed by atoms with Crippen molar-refractivity contribution < 1.29 is 38.8 Å². The third-order valence-corrected chi connectivity index (χ3v) is 8.47. The lowest BCUT2D eigenvalue weighted by atomic mass is 10.1. The van der Waals surface area contributed by atoms with Crippen molar-refractivity contribution >= 4 is 27.7 Å². The molecule has 9 nitrogen and oxygen atoms in total. The van der Waals surface area contributed by atoms with Crippen LogP contribution in [0.2, 0.25) is 0 Å². The molecule has 0 aromatic heterocycles. The first-order valence-electron chi connectivity index (χ1n) is 25.4. The maximum atomic E-state index is 12.2. The van der Waals surface area contributed by atoms with Gasteiger partial charge in [0.15, 0.2) is 0 Å². The molecule has 1 amide bonds. The van der Waals surface area contributed by atoms with Gasteiger partial charge in [0.25, 0.3) is 0 Å². The summed E-state index contributed by atoms with van der Waals surface area (Å²) in [5.41, 5.74) is 5.07. The van der Waals surface area contributed by atoms with Crippen molar-refractivity contribution in [3.05, 3.63) is 0 Å². The van der Waals surface area contributed by atoms with Gasteiger partial charge in [-0.3, -0.25) is 9.59 Å². The Bertz CT molecular complexity index is 619. The first-order chi connectivity index (χ1) is 29.4. The Morgan fingerprint density at radius 1 is 0.483 bits per heavy atom. The van der Waals surface area contributed by atoms with Gasteiger partial charge in [-0.2, -0.15) is 0 Å². The van der Waals surface area contributed by atoms with Gasteiger partial charge in [0.2, 0.25) is 5.91 Å². The van der Waals surface area contributed by atoms with Crippen LogP contribution >= 0.6 is 9.03 Å². The van der Waals surface area contributed by atoms with Crippen LogP contribution in [-0.2, 0) is 23.9 Å². The van der Waals surface area contributed by atoms with Gasteiger partial charge in [0.1, 0.15) is 21.9 Å². The van der Waals surface area contributed by atoms with Gasteiger partial charge in [-0.25, -0.2) is 0 Å². The zero-order valence-corrected chi connectivity index (χ0v) is 44.1. The van der Waals surface area contributed by atoms with Crippen LogP contribution in [-0.4, -0.2) is 59.5 Å². The third kappa shape index (κ3) is 106. The van der Waals surface area contributed by atoms with Crippen molar-refractivity contribution in [3.8, 4) is 0 Å². The molecule has 0 aromatic carbocycles. The summed E-state index contributed by atoms with van der Waals surface area (Å²) in [5.74, 6) is -0.196. The number of hydrogen-bond donors (Lipinski definition) is 4. The summed E-state index contributed by atoms with van der Waals surface area (Å²) in [7, 11) is -0.917. The quantitative estimate of drug-likeness (QED) is 0.0278. The van der Waals surface area contributed by atoms with E-state index in [1.165, 1.54) is 135 Å². The number of aliphatic hydroxyl groups excluding tert-OH is 1. The minimum absolute atomic E-state index is 0.0168. The summed E-state index contributed by atoms with van der Waals surface area (Å²) < 4.78 is 11.3. The van der Waals surface area contributed by atoms with Crippen molar-refractivity contribution in [2.24, 2.45) is 5.73 Å². The third-order valence-electron chi connectivity index (χ3n) is 8.47. The van der Waals surface area contributed by atoms with Crippen LogP contribution in [0.25, 0.3) is 0 Å². The number of nitrogens with two attached hydrogens (primary N) is 1. The number of hydrogen-bond acceptors (Lipinski definition) is 8. The maximum Gasteiger partial charge on any atom is 0.306 e. The zero-order valence-electron chi connectivity index (χ0n) is 43.1. The Labute approximate surface area is 379 Å². The fraction of sp³-hybridized carbons (Fsp3) is 0.940. The molecule has 10 heteroatoms. The molecular formula is C50H114NO8P. The van der Waals surface area contributed by atoms with E-state index in [1.54, 1.807) is 0 Å². The lowest BCUT2D eigenvalue weighted by Crippen LogP contribution is -2.20. The molecule has 0 rings (SSSR count). The number of esters is 1. The van der Waals surface area contributed by atoms with E-state index < -0.39 is 9.03 Å². The highest BCUT2D eigenvalue weighted by atomic mass is 31.1. The average molecular weight is 888 g/mol. The van der Waals surface area contributed by atoms with Crippen molar-refractivity contribution in [1.82, 2.24) is 0 Å². The smallest absolute Gasteiger partial charge is 0.306 e. The van der Waals surface area contributed by atoms with Crippen LogP contribution in [0.15, 0.2) is 0 Å². The largest absolute Gasteiger partial charge is 0.462 e. The molecule has 0 aliphatic heterocycles. The predicted molar refractivity (Wildman–Crippen MR) is 269 cm³/mol. The molecule has 0 bridgehead atoms. The molecule has 0 saturated carbocycles. The molecule has 0 aliphatic carbocycles. The van der Waals surface area contributed by atoms with Crippen molar-refractivity contribution in [2.75, 3.05) is 19.8 Å². The Hall–Kier alpha value is -1.12. The van der Waals surface area contributed by atoms with Gasteiger partial charge >= 0.3 is 5.97 Å². The highest BCUT2D eigenvalue weighted by Gasteiger charge is 2.14. The van der Waals surface area contributed by atoms with Gasteiger partial charge in [0, 0.05) is 32.5 Å². The van der Waals surface area contributed by atoms with E-state index in [0.29, 0.717) is 32.5 Å². The van der Waals surface area contributed by atoms with Crippen LogP contribution in [0.5, 0.6) is 0 Å². The minimum Gasteiger partial charge on any atom is -0.462 e. The van der Waals surface area contributed by atoms with Gasteiger partial charge in [-0.15, -0.1) is 0 Å². The number of aliphatic hydroxyl groups is 1. The Morgan fingerprint density at radius 2 is 0.783 bits per heavy atom. The van der Waals surface area contributed by atoms with Gasteiger partial charge < -0.3 is 34.9 Å². The topological polar surface area (TPSA) is 156 Å². The molecule has 0 aromatic rings. The second-order valence-corrected chi connectivity index (χ2v) is 13.4. The fourth-order valence-corrected chi connectivity index (χ4v) is 5.51. The number of carbonyl (C=O) groups is 3. The van der Waals surface area contributed by atoms with Crippen LogP contribution in [0.1, 0.15) is 283 Å². The summed E-state index contributed by atoms with van der Waals surface area (Å²) in [6.45, 7) is 30.1. The van der Waals surface area contributed by atoms with Gasteiger partial charge in [-0.1, -0.05) is 231 Å². The molecule has 5 N–H and O–H groups in total. The Morgan fingerprint density at radius 3 is 1.10 bits per heavy atom. The van der Waals surface area contributed by atoms with Crippen LogP contribution < -0.4 is 5.73 Å². The number of primary amides is 1. The molecule has 0 spiro atoms. The van der Waals surface area contributed by atoms with E-state index in [2.05, 4.69) is 20.8 Å². The standard InChI is InChI=1S/C25H50O4.C14H29NO.5C2H6.CH2O.H3O2P/c1-3-5-7-9-10-11-12-14-16-19-25(27)29-24(18-15-13-8-6-4-2)20-23-28-22-17-21-26;1-2-3-4-5-6-7-8-9-10-11-12-13-14(15)16;6*1-2;1-3-2/h24,26H,3-23H2,1-2H3;2-13H2,1H3,(H2,15,16);5*1-2H3;1H2;1-3H. The molecular weight excluding hydrogens is 774 g/mol. The average Bonchev–Trinajstić information content (AvgIpc) is 3.29. The van der Waals surface area contributed by atoms with Crippen LogP contribution in [0, 0.1) is 0 Å². The fourth-order valence-electron chi connectivity index (χ4n) is 5.51. The van der Waals surface area contributed by atoms with Gasteiger partial charge in [-0.05, 0) is 32.1 Å². The lowest BCUT2D eigenvalue weighted by Gasteiger charge is -2.18. The molecule has 0 radical (unpaired) electrons. The molecule has 0 aliphatic rings. The molecule has 1 unspecified atom stereocenters. The summed E-state index contributed by atoms with van der Waals surface area (Å²) >= 11 is 0.